The van der Waals surface area contributed by atoms with Gasteiger partial charge in [0.2, 0.25) is 5.91 Å². The zero-order valence-corrected chi connectivity index (χ0v) is 17.3. The molecule has 2 aromatic heterocycles. The van der Waals surface area contributed by atoms with Crippen LogP contribution in [0.3, 0.4) is 0 Å². The number of hydrogen-bond acceptors (Lipinski definition) is 5. The Morgan fingerprint density at radius 2 is 2.00 bits per heavy atom. The van der Waals surface area contributed by atoms with Crippen LogP contribution in [0.4, 0.5) is 0 Å². The standard InChI is InChI=1S/C21H25N3O3S/c1-4-6-11-22-17(25)12-24-13-23-20-19(21(24)26)18(14(3)28-20)15-7-9-16(10-8-15)27-5-2/h7-10,13H,4-6,11-12H2,1-3H3,(H,22,25). The van der Waals surface area contributed by atoms with Crippen molar-refractivity contribution in [1.29, 1.82) is 0 Å². The maximum atomic E-state index is 13.1. The van der Waals surface area contributed by atoms with Crippen molar-refractivity contribution in [1.82, 2.24) is 14.9 Å². The average Bonchev–Trinajstić information content (AvgIpc) is 3.02. The van der Waals surface area contributed by atoms with Crippen LogP contribution in [0.2, 0.25) is 0 Å². The lowest BCUT2D eigenvalue weighted by atomic mass is 10.0. The molecule has 0 aliphatic heterocycles. The van der Waals surface area contributed by atoms with Crippen molar-refractivity contribution in [2.45, 2.75) is 40.2 Å². The minimum Gasteiger partial charge on any atom is -0.494 e. The molecule has 0 atom stereocenters. The summed E-state index contributed by atoms with van der Waals surface area (Å²) in [6, 6.07) is 7.71. The first-order valence-electron chi connectivity index (χ1n) is 9.53. The molecule has 6 nitrogen and oxygen atoms in total. The SMILES string of the molecule is CCCCNC(=O)Cn1cnc2sc(C)c(-c3ccc(OCC)cc3)c2c1=O. The van der Waals surface area contributed by atoms with Crippen LogP contribution in [0.15, 0.2) is 35.4 Å². The molecule has 0 fully saturated rings. The van der Waals surface area contributed by atoms with Crippen molar-refractivity contribution in [2.75, 3.05) is 13.2 Å². The van der Waals surface area contributed by atoms with Crippen LogP contribution in [0.5, 0.6) is 5.75 Å². The third kappa shape index (κ3) is 4.25. The third-order valence-electron chi connectivity index (χ3n) is 4.48. The van der Waals surface area contributed by atoms with Gasteiger partial charge in [0, 0.05) is 17.0 Å². The molecule has 0 unspecified atom stereocenters. The predicted octanol–water partition coefficient (Wildman–Crippen LogP) is 3.75. The second kappa shape index (κ2) is 9.01. The van der Waals surface area contributed by atoms with Gasteiger partial charge in [-0.25, -0.2) is 4.98 Å². The van der Waals surface area contributed by atoms with Crippen LogP contribution in [-0.4, -0.2) is 28.6 Å². The lowest BCUT2D eigenvalue weighted by molar-refractivity contribution is -0.121. The van der Waals surface area contributed by atoms with E-state index in [0.717, 1.165) is 34.6 Å². The van der Waals surface area contributed by atoms with Crippen molar-refractivity contribution >= 4 is 27.5 Å². The van der Waals surface area contributed by atoms with Crippen LogP contribution in [-0.2, 0) is 11.3 Å². The molecular formula is C21H25N3O3S. The Morgan fingerprint density at radius 3 is 2.68 bits per heavy atom. The van der Waals surface area contributed by atoms with E-state index in [4.69, 9.17) is 4.74 Å². The van der Waals surface area contributed by atoms with Gasteiger partial charge in [-0.3, -0.25) is 14.2 Å². The van der Waals surface area contributed by atoms with Crippen LogP contribution in [0.25, 0.3) is 21.3 Å². The fourth-order valence-corrected chi connectivity index (χ4v) is 4.10. The molecule has 0 spiro atoms. The van der Waals surface area contributed by atoms with Crippen LogP contribution < -0.4 is 15.6 Å². The Morgan fingerprint density at radius 1 is 1.25 bits per heavy atom. The van der Waals surface area contributed by atoms with E-state index < -0.39 is 0 Å². The second-order valence-electron chi connectivity index (χ2n) is 6.55. The van der Waals surface area contributed by atoms with Crippen LogP contribution in [0, 0.1) is 6.92 Å². The molecule has 0 aliphatic carbocycles. The molecule has 7 heteroatoms. The van der Waals surface area contributed by atoms with Gasteiger partial charge in [-0.1, -0.05) is 25.5 Å². The first-order valence-corrected chi connectivity index (χ1v) is 10.3. The Hall–Kier alpha value is -2.67. The number of amides is 1. The van der Waals surface area contributed by atoms with Crippen molar-refractivity contribution in [3.8, 4) is 16.9 Å². The van der Waals surface area contributed by atoms with Gasteiger partial charge in [0.1, 0.15) is 17.1 Å². The summed E-state index contributed by atoms with van der Waals surface area (Å²) in [5, 5.41) is 3.40. The number of benzene rings is 1. The number of unbranched alkanes of at least 4 members (excludes halogenated alkanes) is 1. The van der Waals surface area contributed by atoms with E-state index in [1.54, 1.807) is 0 Å². The van der Waals surface area contributed by atoms with Crippen LogP contribution in [0.1, 0.15) is 31.6 Å². The van der Waals surface area contributed by atoms with E-state index >= 15 is 0 Å². The average molecular weight is 400 g/mol. The van der Waals surface area contributed by atoms with E-state index in [1.807, 2.05) is 38.1 Å². The van der Waals surface area contributed by atoms with E-state index in [1.165, 1.54) is 22.2 Å². The van der Waals surface area contributed by atoms with Gasteiger partial charge in [0.25, 0.3) is 5.56 Å². The number of rotatable bonds is 8. The highest BCUT2D eigenvalue weighted by Gasteiger charge is 2.17. The summed E-state index contributed by atoms with van der Waals surface area (Å²) < 4.78 is 6.89. The predicted molar refractivity (Wildman–Crippen MR) is 113 cm³/mol. The first-order chi connectivity index (χ1) is 13.5. The smallest absolute Gasteiger partial charge is 0.263 e. The summed E-state index contributed by atoms with van der Waals surface area (Å²) in [5.74, 6) is 0.619. The van der Waals surface area contributed by atoms with E-state index in [2.05, 4.69) is 17.2 Å². The number of nitrogens with zero attached hydrogens (tertiary/aromatic N) is 2. The van der Waals surface area contributed by atoms with E-state index in [0.29, 0.717) is 23.4 Å². The second-order valence-corrected chi connectivity index (χ2v) is 7.76. The van der Waals surface area contributed by atoms with Gasteiger partial charge in [-0.05, 0) is 38.0 Å². The number of nitrogens with one attached hydrogen (secondary N) is 1. The summed E-state index contributed by atoms with van der Waals surface area (Å²) >= 11 is 1.49. The van der Waals surface area contributed by atoms with Gasteiger partial charge in [-0.2, -0.15) is 0 Å². The minimum atomic E-state index is -0.191. The maximum Gasteiger partial charge on any atom is 0.263 e. The molecule has 3 aromatic rings. The number of carbonyl (C=O) groups is 1. The monoisotopic (exact) mass is 399 g/mol. The number of aryl methyl sites for hydroxylation is 1. The molecule has 28 heavy (non-hydrogen) atoms. The number of carbonyl (C=O) groups excluding carboxylic acids is 1. The van der Waals surface area contributed by atoms with E-state index in [9.17, 15) is 9.59 Å². The van der Waals surface area contributed by atoms with Gasteiger partial charge in [-0.15, -0.1) is 11.3 Å². The number of ether oxygens (including phenoxy) is 1. The molecule has 1 amide bonds. The molecule has 2 heterocycles. The van der Waals surface area contributed by atoms with Gasteiger partial charge in [0.15, 0.2) is 0 Å². The number of aromatic nitrogens is 2. The van der Waals surface area contributed by atoms with Crippen molar-refractivity contribution in [2.24, 2.45) is 0 Å². The largest absolute Gasteiger partial charge is 0.494 e. The third-order valence-corrected chi connectivity index (χ3v) is 5.49. The molecule has 3 rings (SSSR count). The minimum absolute atomic E-state index is 0.0247. The fourth-order valence-electron chi connectivity index (χ4n) is 3.10. The summed E-state index contributed by atoms with van der Waals surface area (Å²) in [4.78, 5) is 31.4. The zero-order chi connectivity index (χ0) is 20.1. The zero-order valence-electron chi connectivity index (χ0n) is 16.4. The molecule has 0 saturated carbocycles. The Labute approximate surface area is 168 Å². The molecule has 0 radical (unpaired) electrons. The van der Waals surface area contributed by atoms with Crippen molar-refractivity contribution < 1.29 is 9.53 Å². The first kappa shape index (κ1) is 20.1. The topological polar surface area (TPSA) is 73.2 Å². The number of thiophene rings is 1. The molecule has 0 saturated heterocycles. The highest BCUT2D eigenvalue weighted by atomic mass is 32.1. The molecule has 0 bridgehead atoms. The summed E-state index contributed by atoms with van der Waals surface area (Å²) in [5.41, 5.74) is 1.63. The molecule has 1 N–H and O–H groups in total. The normalized spacial score (nSPS) is 11.0. The Balaban J connectivity index is 1.96. The Bertz CT molecular complexity index is 1020. The maximum absolute atomic E-state index is 13.1. The summed E-state index contributed by atoms with van der Waals surface area (Å²) in [6.07, 6.45) is 3.39. The van der Waals surface area contributed by atoms with Crippen LogP contribution >= 0.6 is 11.3 Å². The van der Waals surface area contributed by atoms with Gasteiger partial charge >= 0.3 is 0 Å². The Kier molecular flexibility index (Phi) is 6.46. The van der Waals surface area contributed by atoms with E-state index in [-0.39, 0.29) is 18.0 Å². The summed E-state index contributed by atoms with van der Waals surface area (Å²) in [6.45, 7) is 7.19. The molecular weight excluding hydrogens is 374 g/mol. The lowest BCUT2D eigenvalue weighted by Gasteiger charge is -2.08. The molecule has 0 aliphatic rings. The lowest BCUT2D eigenvalue weighted by Crippen LogP contribution is -2.32. The van der Waals surface area contributed by atoms with Crippen molar-refractivity contribution in [3.05, 3.63) is 45.8 Å². The number of hydrogen-bond donors (Lipinski definition) is 1. The molecule has 148 valence electrons. The highest BCUT2D eigenvalue weighted by molar-refractivity contribution is 7.19. The van der Waals surface area contributed by atoms with Crippen molar-refractivity contribution in [3.63, 3.8) is 0 Å². The summed E-state index contributed by atoms with van der Waals surface area (Å²) in [7, 11) is 0. The van der Waals surface area contributed by atoms with Gasteiger partial charge in [0.05, 0.1) is 18.3 Å². The fraction of sp³-hybridized carbons (Fsp3) is 0.381. The highest BCUT2D eigenvalue weighted by Crippen LogP contribution is 2.36. The molecule has 1 aromatic carbocycles. The quantitative estimate of drug-likeness (QED) is 0.586. The number of fused-ring (bicyclic) bond motifs is 1. The van der Waals surface area contributed by atoms with Gasteiger partial charge < -0.3 is 10.1 Å².